The van der Waals surface area contributed by atoms with Crippen molar-refractivity contribution in [1.29, 1.82) is 0 Å². The number of hydrogen-bond acceptors (Lipinski definition) is 3. The molecule has 1 aromatic rings. The molecule has 3 amide bonds. The maximum Gasteiger partial charge on any atom is 0.317 e. The van der Waals surface area contributed by atoms with Gasteiger partial charge in [0.05, 0.1) is 17.3 Å². The molecule has 1 aromatic heterocycles. The van der Waals surface area contributed by atoms with Gasteiger partial charge in [-0.1, -0.05) is 0 Å². The van der Waals surface area contributed by atoms with E-state index in [1.807, 2.05) is 23.0 Å². The average molecular weight is 317 g/mol. The molecule has 1 unspecified atom stereocenters. The largest absolute Gasteiger partial charge is 0.335 e. The van der Waals surface area contributed by atoms with Gasteiger partial charge in [-0.15, -0.1) is 0 Å². The molecule has 4 rings (SSSR count). The number of amides is 3. The van der Waals surface area contributed by atoms with Gasteiger partial charge in [-0.05, 0) is 32.1 Å². The number of carbonyl (C=O) groups is 2. The number of nitrogens with zero attached hydrogens (tertiary/aromatic N) is 4. The lowest BCUT2D eigenvalue weighted by Gasteiger charge is -2.38. The molecule has 1 N–H and O–H groups in total. The maximum absolute atomic E-state index is 13.0. The van der Waals surface area contributed by atoms with E-state index in [0.717, 1.165) is 44.3 Å². The number of carbonyl (C=O) groups excluding carboxylic acids is 2. The second-order valence-corrected chi connectivity index (χ2v) is 7.11. The molecule has 1 spiro atoms. The van der Waals surface area contributed by atoms with Crippen LogP contribution >= 0.6 is 0 Å². The van der Waals surface area contributed by atoms with Crippen molar-refractivity contribution < 1.29 is 9.59 Å². The fourth-order valence-electron chi connectivity index (χ4n) is 3.79. The van der Waals surface area contributed by atoms with Crippen LogP contribution in [0.2, 0.25) is 0 Å². The lowest BCUT2D eigenvalue weighted by atomic mass is 9.78. The first-order valence-electron chi connectivity index (χ1n) is 8.43. The van der Waals surface area contributed by atoms with E-state index in [1.54, 1.807) is 10.9 Å². The molecule has 1 saturated carbocycles. The maximum atomic E-state index is 13.0. The molecule has 124 valence electrons. The Morgan fingerprint density at radius 1 is 1.35 bits per heavy atom. The smallest absolute Gasteiger partial charge is 0.317 e. The van der Waals surface area contributed by atoms with E-state index in [4.69, 9.17) is 0 Å². The van der Waals surface area contributed by atoms with Crippen molar-refractivity contribution in [1.82, 2.24) is 20.0 Å². The quantitative estimate of drug-likeness (QED) is 0.888. The third-order valence-electron chi connectivity index (χ3n) is 5.28. The van der Waals surface area contributed by atoms with Crippen molar-refractivity contribution in [2.24, 2.45) is 12.5 Å². The number of aromatic nitrogens is 2. The molecule has 3 fully saturated rings. The highest BCUT2D eigenvalue weighted by molar-refractivity contribution is 6.00. The van der Waals surface area contributed by atoms with Crippen LogP contribution in [0.25, 0.3) is 0 Å². The SMILES string of the molecule is Cn1cc(N2CCC3(CCCN(C(=O)NC4CC4)C3)C2=O)cn1. The Morgan fingerprint density at radius 2 is 2.17 bits per heavy atom. The van der Waals surface area contributed by atoms with Gasteiger partial charge in [-0.25, -0.2) is 4.79 Å². The zero-order valence-electron chi connectivity index (χ0n) is 13.5. The van der Waals surface area contributed by atoms with E-state index >= 15 is 0 Å². The molecular formula is C16H23N5O2. The zero-order valence-corrected chi connectivity index (χ0v) is 13.5. The van der Waals surface area contributed by atoms with Gasteiger partial charge in [0, 0.05) is 38.9 Å². The third kappa shape index (κ3) is 2.58. The summed E-state index contributed by atoms with van der Waals surface area (Å²) in [6.07, 6.45) is 8.35. The predicted molar refractivity (Wildman–Crippen MR) is 85.0 cm³/mol. The highest BCUT2D eigenvalue weighted by Crippen LogP contribution is 2.41. The number of anilines is 1. The molecule has 2 aliphatic heterocycles. The van der Waals surface area contributed by atoms with E-state index in [9.17, 15) is 9.59 Å². The number of hydrogen-bond donors (Lipinski definition) is 1. The van der Waals surface area contributed by atoms with E-state index in [-0.39, 0.29) is 11.9 Å². The van der Waals surface area contributed by atoms with E-state index in [2.05, 4.69) is 10.4 Å². The van der Waals surface area contributed by atoms with Crippen molar-refractivity contribution in [3.63, 3.8) is 0 Å². The molecule has 1 atom stereocenters. The van der Waals surface area contributed by atoms with Crippen molar-refractivity contribution in [2.75, 3.05) is 24.5 Å². The number of piperidine rings is 1. The first-order valence-corrected chi connectivity index (χ1v) is 8.43. The molecule has 7 heteroatoms. The Morgan fingerprint density at radius 3 is 2.87 bits per heavy atom. The van der Waals surface area contributed by atoms with Crippen LogP contribution in [-0.2, 0) is 11.8 Å². The number of likely N-dealkylation sites (tertiary alicyclic amines) is 1. The molecule has 2 saturated heterocycles. The van der Waals surface area contributed by atoms with Crippen molar-refractivity contribution in [3.05, 3.63) is 12.4 Å². The third-order valence-corrected chi connectivity index (χ3v) is 5.28. The molecule has 0 aromatic carbocycles. The van der Waals surface area contributed by atoms with Crippen molar-refractivity contribution in [3.8, 4) is 0 Å². The molecule has 7 nitrogen and oxygen atoms in total. The van der Waals surface area contributed by atoms with Crippen LogP contribution in [0.5, 0.6) is 0 Å². The minimum Gasteiger partial charge on any atom is -0.335 e. The summed E-state index contributed by atoms with van der Waals surface area (Å²) in [5, 5.41) is 7.20. The summed E-state index contributed by atoms with van der Waals surface area (Å²) in [4.78, 5) is 29.0. The minimum absolute atomic E-state index is 0.000738. The molecule has 1 aliphatic carbocycles. The summed E-state index contributed by atoms with van der Waals surface area (Å²) in [7, 11) is 1.85. The van der Waals surface area contributed by atoms with Gasteiger partial charge in [-0.3, -0.25) is 9.48 Å². The number of rotatable bonds is 2. The minimum atomic E-state index is -0.408. The summed E-state index contributed by atoms with van der Waals surface area (Å²) in [6, 6.07) is 0.353. The van der Waals surface area contributed by atoms with Gasteiger partial charge in [0.25, 0.3) is 0 Å². The topological polar surface area (TPSA) is 70.5 Å². The summed E-state index contributed by atoms with van der Waals surface area (Å²) in [5.41, 5.74) is 0.448. The Balaban J connectivity index is 1.49. The van der Waals surface area contributed by atoms with Gasteiger partial charge in [0.15, 0.2) is 0 Å². The lowest BCUT2D eigenvalue weighted by molar-refractivity contribution is -0.127. The number of aryl methyl sites for hydroxylation is 1. The first kappa shape index (κ1) is 14.5. The van der Waals surface area contributed by atoms with Gasteiger partial charge in [0.1, 0.15) is 0 Å². The van der Waals surface area contributed by atoms with E-state index in [1.165, 1.54) is 0 Å². The van der Waals surface area contributed by atoms with Gasteiger partial charge >= 0.3 is 6.03 Å². The summed E-state index contributed by atoms with van der Waals surface area (Å²) in [5.74, 6) is 0.148. The predicted octanol–water partition coefficient (Wildman–Crippen LogP) is 1.11. The summed E-state index contributed by atoms with van der Waals surface area (Å²) < 4.78 is 1.71. The highest BCUT2D eigenvalue weighted by Gasteiger charge is 2.50. The molecule has 3 heterocycles. The second kappa shape index (κ2) is 5.25. The van der Waals surface area contributed by atoms with Crippen LogP contribution in [0, 0.1) is 5.41 Å². The van der Waals surface area contributed by atoms with Crippen molar-refractivity contribution in [2.45, 2.75) is 38.1 Å². The highest BCUT2D eigenvalue weighted by atomic mass is 16.2. The first-order chi connectivity index (χ1) is 11.1. The monoisotopic (exact) mass is 317 g/mol. The second-order valence-electron chi connectivity index (χ2n) is 7.11. The fraction of sp³-hybridized carbons (Fsp3) is 0.688. The fourth-order valence-corrected chi connectivity index (χ4v) is 3.79. The summed E-state index contributed by atoms with van der Waals surface area (Å²) in [6.45, 7) is 2.00. The Kier molecular flexibility index (Phi) is 3.32. The van der Waals surface area contributed by atoms with Crippen molar-refractivity contribution >= 4 is 17.6 Å². The Bertz CT molecular complexity index is 638. The van der Waals surface area contributed by atoms with Crippen LogP contribution in [0.3, 0.4) is 0 Å². The molecule has 0 bridgehead atoms. The molecule has 0 radical (unpaired) electrons. The standard InChI is InChI=1S/C16H23N5O2/c1-19-10-13(9-17-19)21-8-6-16(14(21)22)5-2-7-20(11-16)15(23)18-12-3-4-12/h9-10,12H,2-8,11H2,1H3,(H,18,23). The van der Waals surface area contributed by atoms with Gasteiger partial charge in [-0.2, -0.15) is 5.10 Å². The van der Waals surface area contributed by atoms with Gasteiger partial charge in [0.2, 0.25) is 5.91 Å². The lowest BCUT2D eigenvalue weighted by Crippen LogP contribution is -2.52. The normalized spacial score (nSPS) is 27.8. The van der Waals surface area contributed by atoms with E-state index in [0.29, 0.717) is 19.1 Å². The number of urea groups is 1. The zero-order chi connectivity index (χ0) is 16.0. The molecular weight excluding hydrogens is 294 g/mol. The molecule has 23 heavy (non-hydrogen) atoms. The van der Waals surface area contributed by atoms with Crippen LogP contribution < -0.4 is 10.2 Å². The van der Waals surface area contributed by atoms with Gasteiger partial charge < -0.3 is 15.1 Å². The Hall–Kier alpha value is -2.05. The number of nitrogens with one attached hydrogen (secondary N) is 1. The van der Waals surface area contributed by atoms with Crippen LogP contribution in [0.1, 0.15) is 32.1 Å². The van der Waals surface area contributed by atoms with Crippen LogP contribution in [0.4, 0.5) is 10.5 Å². The Labute approximate surface area is 135 Å². The van der Waals surface area contributed by atoms with Crippen LogP contribution in [0.15, 0.2) is 12.4 Å². The molecule has 3 aliphatic rings. The van der Waals surface area contributed by atoms with Crippen LogP contribution in [-0.4, -0.2) is 52.3 Å². The average Bonchev–Trinajstić information content (AvgIpc) is 3.18. The summed E-state index contributed by atoms with van der Waals surface area (Å²) >= 11 is 0. The van der Waals surface area contributed by atoms with E-state index < -0.39 is 5.41 Å².